The quantitative estimate of drug-likeness (QED) is 0.363. The lowest BCUT2D eigenvalue weighted by Gasteiger charge is -2.16. The highest BCUT2D eigenvalue weighted by Gasteiger charge is 2.25. The maximum Gasteiger partial charge on any atom is 0.357 e. The third-order valence-corrected chi connectivity index (χ3v) is 2.72. The van der Waals surface area contributed by atoms with Gasteiger partial charge in [-0.1, -0.05) is 0 Å². The number of Topliss-reactive ketones (excluding diaryl/α,β-unsaturated/α-hetero) is 1. The summed E-state index contributed by atoms with van der Waals surface area (Å²) < 4.78 is 10.0. The fourth-order valence-electron chi connectivity index (χ4n) is 1.43. The van der Waals surface area contributed by atoms with E-state index in [9.17, 15) is 14.7 Å². The number of carbonyl (C=O) groups is 2. The number of hydrogen-bond acceptors (Lipinski definition) is 6. The van der Waals surface area contributed by atoms with Gasteiger partial charge >= 0.3 is 5.97 Å². The maximum absolute atomic E-state index is 11.8. The maximum atomic E-state index is 11.8. The summed E-state index contributed by atoms with van der Waals surface area (Å²) in [6.45, 7) is 4.78. The van der Waals surface area contributed by atoms with Crippen molar-refractivity contribution in [3.8, 4) is 5.75 Å². The molecule has 0 heterocycles. The molecular formula is C14H18O5S. The van der Waals surface area contributed by atoms with Gasteiger partial charge in [0.25, 0.3) is 0 Å². The molecule has 0 aliphatic heterocycles. The van der Waals surface area contributed by atoms with Crippen LogP contribution in [0.3, 0.4) is 0 Å². The van der Waals surface area contributed by atoms with E-state index >= 15 is 0 Å². The van der Waals surface area contributed by atoms with E-state index in [0.717, 1.165) is 0 Å². The first-order valence-electron chi connectivity index (χ1n) is 6.14. The summed E-state index contributed by atoms with van der Waals surface area (Å²) in [4.78, 5) is 23.2. The van der Waals surface area contributed by atoms with Gasteiger partial charge in [-0.25, -0.2) is 4.79 Å². The lowest BCUT2D eigenvalue weighted by molar-refractivity contribution is -0.147. The molecule has 0 saturated heterocycles. The zero-order chi connectivity index (χ0) is 15.3. The van der Waals surface area contributed by atoms with Crippen LogP contribution in [0, 0.1) is 0 Å². The number of aliphatic hydroxyl groups is 1. The molecule has 0 bridgehead atoms. The minimum absolute atomic E-state index is 0.248. The second-order valence-corrected chi connectivity index (χ2v) is 5.10. The first-order valence-corrected chi connectivity index (χ1v) is 6.66. The van der Waals surface area contributed by atoms with Crippen LogP contribution in [0.1, 0.15) is 31.1 Å². The molecule has 0 aliphatic rings. The topological polar surface area (TPSA) is 72.8 Å². The van der Waals surface area contributed by atoms with Gasteiger partial charge in [0.05, 0.1) is 6.61 Å². The Bertz CT molecular complexity index is 475. The molecule has 1 aromatic carbocycles. The number of benzene rings is 1. The zero-order valence-corrected chi connectivity index (χ0v) is 12.5. The standard InChI is InChI=1S/C14H18O5S/c1-4-18-12(16)13(20)19-10-7-5-9(6-8-10)11(15)14(2,3)17/h5-8,13,17,20H,4H2,1-3H3. The minimum Gasteiger partial charge on any atom is -0.468 e. The third-order valence-electron chi connectivity index (χ3n) is 2.41. The molecule has 5 nitrogen and oxygen atoms in total. The van der Waals surface area contributed by atoms with Crippen molar-refractivity contribution in [3.05, 3.63) is 29.8 Å². The molecule has 0 aliphatic carbocycles. The molecule has 20 heavy (non-hydrogen) atoms. The van der Waals surface area contributed by atoms with Gasteiger partial charge in [-0.2, -0.15) is 0 Å². The molecule has 1 aromatic rings. The van der Waals surface area contributed by atoms with Gasteiger partial charge in [-0.3, -0.25) is 4.79 Å². The Morgan fingerprint density at radius 2 is 1.85 bits per heavy atom. The Morgan fingerprint density at radius 1 is 1.30 bits per heavy atom. The van der Waals surface area contributed by atoms with E-state index in [0.29, 0.717) is 11.3 Å². The van der Waals surface area contributed by atoms with Crippen molar-refractivity contribution in [1.82, 2.24) is 0 Å². The largest absolute Gasteiger partial charge is 0.468 e. The van der Waals surface area contributed by atoms with E-state index in [1.54, 1.807) is 6.92 Å². The van der Waals surface area contributed by atoms with Crippen molar-refractivity contribution < 1.29 is 24.2 Å². The van der Waals surface area contributed by atoms with Crippen LogP contribution in [0.25, 0.3) is 0 Å². The van der Waals surface area contributed by atoms with E-state index in [1.807, 2.05) is 0 Å². The van der Waals surface area contributed by atoms with E-state index in [2.05, 4.69) is 12.6 Å². The fraction of sp³-hybridized carbons (Fsp3) is 0.429. The summed E-state index contributed by atoms with van der Waals surface area (Å²) in [5.74, 6) is -0.588. The smallest absolute Gasteiger partial charge is 0.357 e. The van der Waals surface area contributed by atoms with E-state index < -0.39 is 22.8 Å². The van der Waals surface area contributed by atoms with Gasteiger partial charge in [-0.15, -0.1) is 12.6 Å². The van der Waals surface area contributed by atoms with Crippen molar-refractivity contribution >= 4 is 24.4 Å². The molecule has 1 rings (SSSR count). The van der Waals surface area contributed by atoms with E-state index in [-0.39, 0.29) is 6.61 Å². The number of ketones is 1. The molecule has 0 saturated carbocycles. The highest BCUT2D eigenvalue weighted by Crippen LogP contribution is 2.19. The highest BCUT2D eigenvalue weighted by molar-refractivity contribution is 7.81. The van der Waals surface area contributed by atoms with Crippen molar-refractivity contribution in [2.24, 2.45) is 0 Å². The van der Waals surface area contributed by atoms with Gasteiger partial charge < -0.3 is 14.6 Å². The predicted octanol–water partition coefficient (Wildman–Crippen LogP) is 1.84. The molecular weight excluding hydrogens is 280 g/mol. The highest BCUT2D eigenvalue weighted by atomic mass is 32.1. The lowest BCUT2D eigenvalue weighted by atomic mass is 9.97. The number of hydrogen-bond donors (Lipinski definition) is 2. The van der Waals surface area contributed by atoms with Gasteiger partial charge in [0.1, 0.15) is 11.4 Å². The number of esters is 1. The van der Waals surface area contributed by atoms with Gasteiger partial charge in [-0.05, 0) is 45.0 Å². The Morgan fingerprint density at radius 3 is 2.30 bits per heavy atom. The average Bonchev–Trinajstić information content (AvgIpc) is 2.38. The summed E-state index contributed by atoms with van der Waals surface area (Å²) in [6.07, 6.45) is 0. The molecule has 1 unspecified atom stereocenters. The van der Waals surface area contributed by atoms with Crippen molar-refractivity contribution in [2.75, 3.05) is 6.61 Å². The molecule has 0 spiro atoms. The second kappa shape index (κ2) is 6.76. The molecule has 0 aromatic heterocycles. The van der Waals surface area contributed by atoms with Crippen LogP contribution in [-0.2, 0) is 9.53 Å². The summed E-state index contributed by atoms with van der Waals surface area (Å²) in [5, 5.41) is 9.63. The number of carbonyl (C=O) groups excluding carboxylic acids is 2. The lowest BCUT2D eigenvalue weighted by Crippen LogP contribution is -2.31. The third kappa shape index (κ3) is 4.54. The van der Waals surface area contributed by atoms with Crippen LogP contribution in [-0.4, -0.2) is 34.5 Å². The Kier molecular flexibility index (Phi) is 5.59. The second-order valence-electron chi connectivity index (χ2n) is 4.63. The number of ether oxygens (including phenoxy) is 2. The summed E-state index contributed by atoms with van der Waals surface area (Å²) in [7, 11) is 0. The van der Waals surface area contributed by atoms with E-state index in [1.165, 1.54) is 38.1 Å². The minimum atomic E-state index is -1.43. The normalized spacial score (nSPS) is 12.7. The Balaban J connectivity index is 2.73. The Hall–Kier alpha value is -1.53. The summed E-state index contributed by atoms with van der Waals surface area (Å²) >= 11 is 3.98. The average molecular weight is 298 g/mol. The molecule has 6 heteroatoms. The molecule has 1 N–H and O–H groups in total. The van der Waals surface area contributed by atoms with Crippen LogP contribution < -0.4 is 4.74 Å². The summed E-state index contributed by atoms with van der Waals surface area (Å²) in [6, 6.07) is 6.09. The Labute approximate surface area is 123 Å². The molecule has 110 valence electrons. The van der Waals surface area contributed by atoms with Gasteiger partial charge in [0.2, 0.25) is 5.44 Å². The molecule has 0 fully saturated rings. The van der Waals surface area contributed by atoms with Crippen LogP contribution in [0.15, 0.2) is 24.3 Å². The predicted molar refractivity (Wildman–Crippen MR) is 77.1 cm³/mol. The van der Waals surface area contributed by atoms with Crippen LogP contribution >= 0.6 is 12.6 Å². The van der Waals surface area contributed by atoms with Crippen molar-refractivity contribution in [3.63, 3.8) is 0 Å². The number of thiol groups is 1. The van der Waals surface area contributed by atoms with Crippen LogP contribution in [0.5, 0.6) is 5.75 Å². The summed E-state index contributed by atoms with van der Waals surface area (Å²) in [5.41, 5.74) is -2.10. The van der Waals surface area contributed by atoms with Gasteiger partial charge in [0, 0.05) is 5.56 Å². The molecule has 0 radical (unpaired) electrons. The number of rotatable bonds is 6. The molecule has 0 amide bonds. The monoisotopic (exact) mass is 298 g/mol. The van der Waals surface area contributed by atoms with Crippen LogP contribution in [0.2, 0.25) is 0 Å². The first kappa shape index (κ1) is 16.5. The van der Waals surface area contributed by atoms with Crippen LogP contribution in [0.4, 0.5) is 0 Å². The first-order chi connectivity index (χ1) is 9.25. The zero-order valence-electron chi connectivity index (χ0n) is 11.6. The van der Waals surface area contributed by atoms with Gasteiger partial charge in [0.15, 0.2) is 5.78 Å². The fourth-order valence-corrected chi connectivity index (χ4v) is 1.62. The SMILES string of the molecule is CCOC(=O)C(S)Oc1ccc(C(=O)C(C)(C)O)cc1. The van der Waals surface area contributed by atoms with E-state index in [4.69, 9.17) is 9.47 Å². The van der Waals surface area contributed by atoms with Crippen molar-refractivity contribution in [2.45, 2.75) is 31.8 Å². The molecule has 1 atom stereocenters. The van der Waals surface area contributed by atoms with Crippen molar-refractivity contribution in [1.29, 1.82) is 0 Å².